The Balaban J connectivity index is 1.62. The molecule has 1 heterocycles. The highest BCUT2D eigenvalue weighted by Crippen LogP contribution is 2.40. The van der Waals surface area contributed by atoms with Gasteiger partial charge < -0.3 is 20.3 Å². The van der Waals surface area contributed by atoms with E-state index in [-0.39, 0.29) is 17.6 Å². The van der Waals surface area contributed by atoms with Crippen LogP contribution in [0.2, 0.25) is 0 Å². The molecule has 2 unspecified atom stereocenters. The number of hydrogen-bond donors (Lipinski definition) is 3. The third kappa shape index (κ3) is 4.32. The van der Waals surface area contributed by atoms with Crippen LogP contribution < -0.4 is 5.32 Å². The van der Waals surface area contributed by atoms with E-state index in [4.69, 9.17) is 4.74 Å². The number of phenols is 2. The maximum absolute atomic E-state index is 10.0. The number of phenolic OH excluding ortho intramolecular Hbond substituents is 2. The molecule has 1 saturated heterocycles. The Bertz CT molecular complexity index is 1240. The number of ether oxygens (including phenoxy) is 1. The lowest BCUT2D eigenvalue weighted by molar-refractivity contribution is 0.138. The molecule has 4 nitrogen and oxygen atoms in total. The molecule has 0 aromatic heterocycles. The topological polar surface area (TPSA) is 61.7 Å². The number of rotatable bonds is 5. The Kier molecular flexibility index (Phi) is 6.03. The van der Waals surface area contributed by atoms with Gasteiger partial charge in [0.2, 0.25) is 0 Å². The smallest absolute Gasteiger partial charge is 0.116 e. The number of hydrogen-bond acceptors (Lipinski definition) is 4. The Morgan fingerprint density at radius 3 is 2.33 bits per heavy atom. The van der Waals surface area contributed by atoms with Crippen LogP contribution in [0.5, 0.6) is 11.5 Å². The fraction of sp³-hybridized carbons (Fsp3) is 0.241. The van der Waals surface area contributed by atoms with Crippen molar-refractivity contribution >= 4 is 10.8 Å². The number of methoxy groups -OCH3 is 1. The maximum atomic E-state index is 10.0. The summed E-state index contributed by atoms with van der Waals surface area (Å²) in [7, 11) is 1.74. The second-order valence-electron chi connectivity index (χ2n) is 8.80. The summed E-state index contributed by atoms with van der Waals surface area (Å²) in [6, 6.07) is 25.6. The van der Waals surface area contributed by atoms with Crippen molar-refractivity contribution in [2.75, 3.05) is 20.2 Å². The third-order valence-electron chi connectivity index (χ3n) is 6.73. The number of fused-ring (bicyclic) bond motifs is 1. The first-order valence-corrected chi connectivity index (χ1v) is 11.5. The van der Waals surface area contributed by atoms with Crippen molar-refractivity contribution in [3.8, 4) is 22.6 Å². The van der Waals surface area contributed by atoms with Crippen molar-refractivity contribution in [2.24, 2.45) is 0 Å². The van der Waals surface area contributed by atoms with E-state index in [1.807, 2.05) is 24.3 Å². The molecule has 33 heavy (non-hydrogen) atoms. The van der Waals surface area contributed by atoms with Gasteiger partial charge in [0, 0.05) is 19.2 Å². The van der Waals surface area contributed by atoms with Crippen LogP contribution in [0.1, 0.15) is 41.6 Å². The first-order chi connectivity index (χ1) is 16.1. The second-order valence-corrected chi connectivity index (χ2v) is 8.80. The minimum atomic E-state index is -0.277. The molecule has 5 rings (SSSR count). The largest absolute Gasteiger partial charge is 0.508 e. The highest BCUT2D eigenvalue weighted by molar-refractivity contribution is 5.93. The van der Waals surface area contributed by atoms with Gasteiger partial charge in [-0.25, -0.2) is 0 Å². The van der Waals surface area contributed by atoms with Gasteiger partial charge in [-0.15, -0.1) is 0 Å². The monoisotopic (exact) mass is 439 g/mol. The summed E-state index contributed by atoms with van der Waals surface area (Å²) in [6.07, 6.45) is 2.16. The first kappa shape index (κ1) is 21.5. The number of piperidine rings is 1. The Labute approximate surface area is 194 Å². The van der Waals surface area contributed by atoms with Gasteiger partial charge in [-0.1, -0.05) is 54.6 Å². The lowest BCUT2D eigenvalue weighted by Gasteiger charge is -2.25. The zero-order valence-corrected chi connectivity index (χ0v) is 18.8. The van der Waals surface area contributed by atoms with Crippen LogP contribution in [-0.2, 0) is 4.74 Å². The van der Waals surface area contributed by atoms with Crippen LogP contribution in [0, 0.1) is 0 Å². The molecule has 0 amide bonds. The third-order valence-corrected chi connectivity index (χ3v) is 6.73. The summed E-state index contributed by atoms with van der Waals surface area (Å²) in [6.45, 7) is 2.14. The molecular formula is C29H29NO3. The molecule has 1 fully saturated rings. The van der Waals surface area contributed by atoms with Gasteiger partial charge in [-0.2, -0.15) is 0 Å². The molecule has 0 aliphatic carbocycles. The van der Waals surface area contributed by atoms with Crippen molar-refractivity contribution in [1.82, 2.24) is 5.32 Å². The molecule has 2 atom stereocenters. The summed E-state index contributed by atoms with van der Waals surface area (Å²) in [5, 5.41) is 25.3. The van der Waals surface area contributed by atoms with Crippen molar-refractivity contribution in [3.05, 3.63) is 95.6 Å². The molecule has 3 N–H and O–H groups in total. The predicted molar refractivity (Wildman–Crippen MR) is 133 cm³/mol. The lowest BCUT2D eigenvalue weighted by Crippen LogP contribution is -2.28. The van der Waals surface area contributed by atoms with Gasteiger partial charge in [0.15, 0.2) is 0 Å². The zero-order valence-electron chi connectivity index (χ0n) is 18.8. The average molecular weight is 440 g/mol. The van der Waals surface area contributed by atoms with E-state index >= 15 is 0 Å². The van der Waals surface area contributed by atoms with E-state index in [2.05, 4.69) is 35.6 Å². The van der Waals surface area contributed by atoms with Gasteiger partial charge in [0.05, 0.1) is 0 Å². The summed E-state index contributed by atoms with van der Waals surface area (Å²) >= 11 is 0. The molecule has 168 valence electrons. The Hall–Kier alpha value is -3.34. The molecule has 0 radical (unpaired) electrons. The summed E-state index contributed by atoms with van der Waals surface area (Å²) in [4.78, 5) is 0. The second kappa shape index (κ2) is 9.26. The van der Waals surface area contributed by atoms with Crippen LogP contribution in [-0.4, -0.2) is 30.4 Å². The molecule has 1 aliphatic heterocycles. The van der Waals surface area contributed by atoms with Gasteiger partial charge in [0.1, 0.15) is 17.6 Å². The van der Waals surface area contributed by atoms with Crippen LogP contribution in [0.3, 0.4) is 0 Å². The first-order valence-electron chi connectivity index (χ1n) is 11.5. The molecular weight excluding hydrogens is 410 g/mol. The van der Waals surface area contributed by atoms with Crippen LogP contribution >= 0.6 is 0 Å². The molecule has 1 aliphatic rings. The van der Waals surface area contributed by atoms with Crippen LogP contribution in [0.15, 0.2) is 78.9 Å². The predicted octanol–water partition coefficient (Wildman–Crippen LogP) is 6.12. The number of aromatic hydroxyl groups is 2. The number of benzene rings is 4. The van der Waals surface area contributed by atoms with Gasteiger partial charge in [-0.3, -0.25) is 0 Å². The molecule has 0 bridgehead atoms. The van der Waals surface area contributed by atoms with E-state index < -0.39 is 0 Å². The molecule has 4 heteroatoms. The summed E-state index contributed by atoms with van der Waals surface area (Å²) in [5.41, 5.74) is 5.55. The molecule has 4 aromatic rings. The highest BCUT2D eigenvalue weighted by atomic mass is 16.5. The average Bonchev–Trinajstić information content (AvgIpc) is 2.86. The lowest BCUT2D eigenvalue weighted by atomic mass is 9.86. The fourth-order valence-electron chi connectivity index (χ4n) is 5.02. The van der Waals surface area contributed by atoms with Crippen molar-refractivity contribution < 1.29 is 14.9 Å². The molecule has 4 aromatic carbocycles. The van der Waals surface area contributed by atoms with E-state index in [9.17, 15) is 10.2 Å². The Morgan fingerprint density at radius 2 is 1.64 bits per heavy atom. The Morgan fingerprint density at radius 1 is 0.879 bits per heavy atom. The van der Waals surface area contributed by atoms with Crippen LogP contribution in [0.25, 0.3) is 21.9 Å². The van der Waals surface area contributed by atoms with Gasteiger partial charge in [-0.05, 0) is 82.6 Å². The van der Waals surface area contributed by atoms with E-state index in [1.54, 1.807) is 31.4 Å². The summed E-state index contributed by atoms with van der Waals surface area (Å²) < 4.78 is 6.11. The minimum Gasteiger partial charge on any atom is -0.508 e. The SMILES string of the molecule is COC(c1ccc(C2CCCNC2)cc1)c1c(-c2ccc(O)cc2)ccc2cc(O)ccc12. The zero-order chi connectivity index (χ0) is 22.8. The quantitative estimate of drug-likeness (QED) is 0.351. The van der Waals surface area contributed by atoms with Gasteiger partial charge >= 0.3 is 0 Å². The molecule has 0 saturated carbocycles. The number of nitrogens with one attached hydrogen (secondary N) is 1. The van der Waals surface area contributed by atoms with E-state index in [0.29, 0.717) is 5.92 Å². The molecule has 0 spiro atoms. The maximum Gasteiger partial charge on any atom is 0.116 e. The van der Waals surface area contributed by atoms with E-state index in [1.165, 1.54) is 18.4 Å². The van der Waals surface area contributed by atoms with E-state index in [0.717, 1.165) is 46.1 Å². The summed E-state index contributed by atoms with van der Waals surface area (Å²) in [5.74, 6) is 1.04. The van der Waals surface area contributed by atoms with Crippen LogP contribution in [0.4, 0.5) is 0 Å². The van der Waals surface area contributed by atoms with Crippen molar-refractivity contribution in [2.45, 2.75) is 24.9 Å². The normalized spacial score (nSPS) is 17.2. The van der Waals surface area contributed by atoms with Gasteiger partial charge in [0.25, 0.3) is 0 Å². The minimum absolute atomic E-state index is 0.238. The fourth-order valence-corrected chi connectivity index (χ4v) is 5.02. The van der Waals surface area contributed by atoms with Crippen molar-refractivity contribution in [1.29, 1.82) is 0 Å². The highest BCUT2D eigenvalue weighted by Gasteiger charge is 2.22. The standard InChI is InChI=1S/C29H29NO3/c1-33-29(21-6-4-19(5-7-21)23-3-2-16-30-18-23)28-26(20-8-11-24(31)12-9-20)14-10-22-17-25(32)13-15-27(22)28/h4-15,17,23,29-32H,2-3,16,18H2,1H3. The van der Waals surface area contributed by atoms with Crippen molar-refractivity contribution in [3.63, 3.8) is 0 Å².